The third kappa shape index (κ3) is 2.45. The molecule has 1 fully saturated rings. The van der Waals surface area contributed by atoms with E-state index in [4.69, 9.17) is 4.84 Å². The summed E-state index contributed by atoms with van der Waals surface area (Å²) in [6, 6.07) is 2.10. The lowest BCUT2D eigenvalue weighted by Gasteiger charge is -2.25. The van der Waals surface area contributed by atoms with E-state index < -0.39 is 0 Å². The van der Waals surface area contributed by atoms with Gasteiger partial charge in [0.2, 0.25) is 0 Å². The summed E-state index contributed by atoms with van der Waals surface area (Å²) in [6.45, 7) is 1.41. The molecule has 2 aliphatic rings. The summed E-state index contributed by atoms with van der Waals surface area (Å²) in [4.78, 5) is 20.0. The van der Waals surface area contributed by atoms with Crippen LogP contribution in [0.25, 0.3) is 0 Å². The Hall–Kier alpha value is -0.870. The van der Waals surface area contributed by atoms with Gasteiger partial charge in [0.1, 0.15) is 0 Å². The molecule has 0 atom stereocenters. The van der Waals surface area contributed by atoms with Gasteiger partial charge in [0, 0.05) is 11.4 Å². The van der Waals surface area contributed by atoms with Crippen LogP contribution in [0.2, 0.25) is 0 Å². The minimum absolute atomic E-state index is 0.0628. The van der Waals surface area contributed by atoms with Crippen LogP contribution in [0.5, 0.6) is 0 Å². The highest BCUT2D eigenvalue weighted by atomic mass is 32.1. The molecule has 0 unspecified atom stereocenters. The molecule has 1 aromatic heterocycles. The Bertz CT molecular complexity index is 412. The van der Waals surface area contributed by atoms with Crippen molar-refractivity contribution in [1.82, 2.24) is 5.06 Å². The van der Waals surface area contributed by atoms with Crippen molar-refractivity contribution >= 4 is 17.2 Å². The first-order chi connectivity index (χ1) is 8.84. The molecule has 0 saturated carbocycles. The Morgan fingerprint density at radius 2 is 2.06 bits per heavy atom. The second kappa shape index (κ2) is 5.41. The summed E-state index contributed by atoms with van der Waals surface area (Å²) < 4.78 is 0. The maximum atomic E-state index is 12.3. The van der Waals surface area contributed by atoms with Crippen LogP contribution < -0.4 is 0 Å². The normalized spacial score (nSPS) is 20.3. The van der Waals surface area contributed by atoms with Crippen LogP contribution >= 0.6 is 11.3 Å². The number of carbonyl (C=O) groups excluding carboxylic acids is 1. The number of carbonyl (C=O) groups is 1. The third-order valence-corrected chi connectivity index (χ3v) is 4.91. The highest BCUT2D eigenvalue weighted by Crippen LogP contribution is 2.30. The number of hydroxylamine groups is 2. The van der Waals surface area contributed by atoms with E-state index in [0.717, 1.165) is 37.1 Å². The SMILES string of the molecule is O=C(c1cc2c(s1)CCCCC2)N1CCCCO1. The number of rotatable bonds is 1. The van der Waals surface area contributed by atoms with Gasteiger partial charge in [-0.15, -0.1) is 11.3 Å². The van der Waals surface area contributed by atoms with E-state index in [1.165, 1.54) is 29.7 Å². The van der Waals surface area contributed by atoms with E-state index in [-0.39, 0.29) is 5.91 Å². The van der Waals surface area contributed by atoms with Gasteiger partial charge in [-0.1, -0.05) is 6.42 Å². The van der Waals surface area contributed by atoms with Gasteiger partial charge in [0.15, 0.2) is 0 Å². The van der Waals surface area contributed by atoms with Crippen molar-refractivity contribution in [2.24, 2.45) is 0 Å². The average Bonchev–Trinajstić information content (AvgIpc) is 2.70. The lowest BCUT2D eigenvalue weighted by Crippen LogP contribution is -2.35. The second-order valence-electron chi connectivity index (χ2n) is 5.07. The number of aryl methyl sites for hydroxylation is 2. The summed E-state index contributed by atoms with van der Waals surface area (Å²) in [7, 11) is 0. The Balaban J connectivity index is 1.77. The summed E-state index contributed by atoms with van der Waals surface area (Å²) in [6.07, 6.45) is 8.24. The van der Waals surface area contributed by atoms with Gasteiger partial charge < -0.3 is 0 Å². The largest absolute Gasteiger partial charge is 0.287 e. The van der Waals surface area contributed by atoms with Gasteiger partial charge in [-0.05, 0) is 50.2 Å². The molecule has 0 bridgehead atoms. The number of hydrogen-bond acceptors (Lipinski definition) is 3. The van der Waals surface area contributed by atoms with Crippen molar-refractivity contribution < 1.29 is 9.63 Å². The van der Waals surface area contributed by atoms with Gasteiger partial charge in [0.25, 0.3) is 5.91 Å². The van der Waals surface area contributed by atoms with Crippen LogP contribution in [0.3, 0.4) is 0 Å². The van der Waals surface area contributed by atoms with Crippen LogP contribution in [0.4, 0.5) is 0 Å². The lowest BCUT2D eigenvalue weighted by atomic mass is 10.1. The first-order valence-electron chi connectivity index (χ1n) is 6.91. The van der Waals surface area contributed by atoms with E-state index in [9.17, 15) is 4.79 Å². The molecule has 3 nitrogen and oxygen atoms in total. The molecule has 1 amide bonds. The zero-order valence-electron chi connectivity index (χ0n) is 10.6. The van der Waals surface area contributed by atoms with E-state index in [1.807, 2.05) is 0 Å². The fourth-order valence-corrected chi connectivity index (χ4v) is 3.85. The number of nitrogens with zero attached hydrogens (tertiary/aromatic N) is 1. The van der Waals surface area contributed by atoms with Crippen molar-refractivity contribution in [2.45, 2.75) is 44.9 Å². The quantitative estimate of drug-likeness (QED) is 0.730. The zero-order valence-corrected chi connectivity index (χ0v) is 11.4. The molecule has 0 N–H and O–H groups in total. The van der Waals surface area contributed by atoms with Crippen LogP contribution in [0.15, 0.2) is 6.07 Å². The average molecular weight is 265 g/mol. The van der Waals surface area contributed by atoms with E-state index in [1.54, 1.807) is 16.4 Å². The molecule has 3 rings (SSSR count). The van der Waals surface area contributed by atoms with Crippen LogP contribution in [-0.4, -0.2) is 24.1 Å². The van der Waals surface area contributed by atoms with Gasteiger partial charge in [-0.3, -0.25) is 9.63 Å². The number of fused-ring (bicyclic) bond motifs is 1. The Labute approximate surface area is 112 Å². The molecule has 2 heterocycles. The maximum Gasteiger partial charge on any atom is 0.287 e. The second-order valence-corrected chi connectivity index (χ2v) is 6.20. The first-order valence-corrected chi connectivity index (χ1v) is 7.72. The van der Waals surface area contributed by atoms with Crippen molar-refractivity contribution in [3.63, 3.8) is 0 Å². The van der Waals surface area contributed by atoms with Crippen LogP contribution in [-0.2, 0) is 17.7 Å². The summed E-state index contributed by atoms with van der Waals surface area (Å²) in [5.41, 5.74) is 1.40. The Morgan fingerprint density at radius 1 is 1.17 bits per heavy atom. The predicted molar refractivity (Wildman–Crippen MR) is 71.8 cm³/mol. The topological polar surface area (TPSA) is 29.5 Å². The molecule has 1 aromatic rings. The lowest BCUT2D eigenvalue weighted by molar-refractivity contribution is -0.143. The predicted octanol–water partition coefficient (Wildman–Crippen LogP) is 3.18. The van der Waals surface area contributed by atoms with E-state index >= 15 is 0 Å². The van der Waals surface area contributed by atoms with Crippen molar-refractivity contribution in [1.29, 1.82) is 0 Å². The van der Waals surface area contributed by atoms with Crippen molar-refractivity contribution in [3.8, 4) is 0 Å². The smallest absolute Gasteiger partial charge is 0.271 e. The highest BCUT2D eigenvalue weighted by molar-refractivity contribution is 7.14. The van der Waals surface area contributed by atoms with E-state index in [0.29, 0.717) is 6.61 Å². The summed E-state index contributed by atoms with van der Waals surface area (Å²) >= 11 is 1.68. The van der Waals surface area contributed by atoms with Crippen LogP contribution in [0, 0.1) is 0 Å². The van der Waals surface area contributed by atoms with Crippen LogP contribution in [0.1, 0.15) is 52.2 Å². The van der Waals surface area contributed by atoms with Crippen molar-refractivity contribution in [3.05, 3.63) is 21.4 Å². The molecule has 98 valence electrons. The van der Waals surface area contributed by atoms with Gasteiger partial charge >= 0.3 is 0 Å². The number of hydrogen-bond donors (Lipinski definition) is 0. The number of amides is 1. The molecule has 1 aliphatic carbocycles. The minimum atomic E-state index is 0.0628. The monoisotopic (exact) mass is 265 g/mol. The standard InChI is InChI=1S/C14H19NO2S/c16-14(15-8-4-5-9-17-15)13-10-11-6-2-1-3-7-12(11)18-13/h10H,1-9H2. The third-order valence-electron chi connectivity index (χ3n) is 3.69. The zero-order chi connectivity index (χ0) is 12.4. The molecule has 18 heavy (non-hydrogen) atoms. The molecule has 0 radical (unpaired) electrons. The molecular weight excluding hydrogens is 246 g/mol. The first kappa shape index (κ1) is 12.2. The number of thiophene rings is 1. The minimum Gasteiger partial charge on any atom is -0.271 e. The van der Waals surface area contributed by atoms with E-state index in [2.05, 4.69) is 6.07 Å². The Morgan fingerprint density at radius 3 is 2.89 bits per heavy atom. The van der Waals surface area contributed by atoms with Crippen molar-refractivity contribution in [2.75, 3.05) is 13.2 Å². The summed E-state index contributed by atoms with van der Waals surface area (Å²) in [5, 5.41) is 1.55. The molecule has 1 saturated heterocycles. The maximum absolute atomic E-state index is 12.3. The highest BCUT2D eigenvalue weighted by Gasteiger charge is 2.23. The van der Waals surface area contributed by atoms with Gasteiger partial charge in [-0.25, -0.2) is 5.06 Å². The molecule has 1 aliphatic heterocycles. The Kier molecular flexibility index (Phi) is 3.66. The molecule has 0 aromatic carbocycles. The van der Waals surface area contributed by atoms with Gasteiger partial charge in [0.05, 0.1) is 11.5 Å². The van der Waals surface area contributed by atoms with Gasteiger partial charge in [-0.2, -0.15) is 0 Å². The fourth-order valence-electron chi connectivity index (χ4n) is 2.65. The summed E-state index contributed by atoms with van der Waals surface area (Å²) in [5.74, 6) is 0.0628. The fraction of sp³-hybridized carbons (Fsp3) is 0.643. The molecular formula is C14H19NO2S. The molecule has 0 spiro atoms. The molecule has 4 heteroatoms.